The summed E-state index contributed by atoms with van der Waals surface area (Å²) >= 11 is 5.72. The predicted molar refractivity (Wildman–Crippen MR) is 55.5 cm³/mol. The van der Waals surface area contributed by atoms with E-state index in [4.69, 9.17) is 27.3 Å². The first-order valence-electron chi connectivity index (χ1n) is 4.01. The maximum absolute atomic E-state index is 10.5. The molecule has 3 N–H and O–H groups in total. The number of ether oxygens (including phenoxy) is 1. The third-order valence-corrected chi connectivity index (χ3v) is 1.77. The van der Waals surface area contributed by atoms with Gasteiger partial charge in [0.25, 0.3) is 5.91 Å². The molecule has 15 heavy (non-hydrogen) atoms. The number of hydrogen-bond donors (Lipinski definition) is 2. The summed E-state index contributed by atoms with van der Waals surface area (Å²) in [5.74, 6) is -0.215. The molecule has 0 heterocycles. The van der Waals surface area contributed by atoms with Crippen LogP contribution in [0.3, 0.4) is 0 Å². The Morgan fingerprint density at radius 2 is 2.40 bits per heavy atom. The van der Waals surface area contributed by atoms with Gasteiger partial charge in [-0.05, 0) is 18.2 Å². The van der Waals surface area contributed by atoms with Crippen molar-refractivity contribution < 1.29 is 14.7 Å². The second-order valence-electron chi connectivity index (χ2n) is 2.68. The van der Waals surface area contributed by atoms with Crippen LogP contribution in [0.5, 0.6) is 5.75 Å². The smallest absolute Gasteiger partial charge is 0.255 e. The lowest BCUT2D eigenvalue weighted by atomic mass is 10.2. The largest absolute Gasteiger partial charge is 0.483 e. The molecule has 1 rings (SSSR count). The molecule has 1 aromatic rings. The molecule has 0 fully saturated rings. The summed E-state index contributed by atoms with van der Waals surface area (Å²) in [7, 11) is 0. The monoisotopic (exact) mass is 228 g/mol. The van der Waals surface area contributed by atoms with Crippen molar-refractivity contribution in [3.05, 3.63) is 28.8 Å². The van der Waals surface area contributed by atoms with Gasteiger partial charge in [-0.3, -0.25) is 4.79 Å². The molecule has 0 aliphatic carbocycles. The molecule has 6 heteroatoms. The van der Waals surface area contributed by atoms with E-state index in [0.717, 1.165) is 6.21 Å². The number of carbonyl (C=O) groups is 1. The molecule has 0 unspecified atom stereocenters. The Morgan fingerprint density at radius 1 is 1.67 bits per heavy atom. The number of amides is 1. The van der Waals surface area contributed by atoms with E-state index in [0.29, 0.717) is 16.3 Å². The second kappa shape index (κ2) is 5.21. The Balaban J connectivity index is 2.90. The molecule has 0 aliphatic rings. The van der Waals surface area contributed by atoms with E-state index in [9.17, 15) is 4.79 Å². The molecular weight excluding hydrogens is 220 g/mol. The van der Waals surface area contributed by atoms with Crippen LogP contribution in [0.15, 0.2) is 23.4 Å². The van der Waals surface area contributed by atoms with Gasteiger partial charge in [-0.25, -0.2) is 0 Å². The summed E-state index contributed by atoms with van der Waals surface area (Å²) in [5, 5.41) is 11.7. The fourth-order valence-corrected chi connectivity index (χ4v) is 1.14. The number of carbonyl (C=O) groups excluding carboxylic acids is 1. The molecule has 0 radical (unpaired) electrons. The maximum Gasteiger partial charge on any atom is 0.255 e. The van der Waals surface area contributed by atoms with Crippen molar-refractivity contribution in [2.45, 2.75) is 0 Å². The SMILES string of the molecule is NC(=O)COc1ccc(Cl)cc1/C=N\O. The number of benzene rings is 1. The van der Waals surface area contributed by atoms with Crippen molar-refractivity contribution >= 4 is 23.7 Å². The molecule has 1 aromatic carbocycles. The lowest BCUT2D eigenvalue weighted by Crippen LogP contribution is -2.20. The number of nitrogens with zero attached hydrogens (tertiary/aromatic N) is 1. The minimum atomic E-state index is -0.586. The number of oxime groups is 1. The van der Waals surface area contributed by atoms with Gasteiger partial charge >= 0.3 is 0 Å². The summed E-state index contributed by atoms with van der Waals surface area (Å²) in [6, 6.07) is 4.69. The van der Waals surface area contributed by atoms with Gasteiger partial charge < -0.3 is 15.7 Å². The lowest BCUT2D eigenvalue weighted by Gasteiger charge is -2.06. The summed E-state index contributed by atoms with van der Waals surface area (Å²) < 4.78 is 5.07. The maximum atomic E-state index is 10.5. The Hall–Kier alpha value is -1.75. The van der Waals surface area contributed by atoms with Gasteiger partial charge in [0.15, 0.2) is 6.61 Å². The Bertz CT molecular complexity index is 393. The van der Waals surface area contributed by atoms with E-state index < -0.39 is 5.91 Å². The van der Waals surface area contributed by atoms with Gasteiger partial charge in [-0.15, -0.1) is 0 Å². The molecule has 0 bridgehead atoms. The van der Waals surface area contributed by atoms with Crippen LogP contribution in [0.1, 0.15) is 5.56 Å². The molecule has 0 aromatic heterocycles. The third kappa shape index (κ3) is 3.47. The van der Waals surface area contributed by atoms with E-state index in [1.165, 1.54) is 6.07 Å². The molecule has 0 atom stereocenters. The molecular formula is C9H9ClN2O3. The van der Waals surface area contributed by atoms with Gasteiger partial charge in [0.1, 0.15) is 5.75 Å². The summed E-state index contributed by atoms with van der Waals surface area (Å²) in [5.41, 5.74) is 5.39. The number of hydrogen-bond acceptors (Lipinski definition) is 4. The summed E-state index contributed by atoms with van der Waals surface area (Å²) in [6.45, 7) is -0.242. The Kier molecular flexibility index (Phi) is 3.93. The molecule has 0 aliphatic heterocycles. The van der Waals surface area contributed by atoms with Gasteiger partial charge in [-0.1, -0.05) is 16.8 Å². The fraction of sp³-hybridized carbons (Fsp3) is 0.111. The van der Waals surface area contributed by atoms with Crippen molar-refractivity contribution in [1.29, 1.82) is 0 Å². The number of halogens is 1. The minimum absolute atomic E-state index is 0.242. The van der Waals surface area contributed by atoms with Gasteiger partial charge in [0.2, 0.25) is 0 Å². The average molecular weight is 229 g/mol. The van der Waals surface area contributed by atoms with Crippen LogP contribution in [0.25, 0.3) is 0 Å². The Morgan fingerprint density at radius 3 is 3.00 bits per heavy atom. The zero-order chi connectivity index (χ0) is 11.3. The van der Waals surface area contributed by atoms with Gasteiger partial charge in [0.05, 0.1) is 6.21 Å². The van der Waals surface area contributed by atoms with E-state index in [1.54, 1.807) is 12.1 Å². The van der Waals surface area contributed by atoms with E-state index in [2.05, 4.69) is 5.16 Å². The lowest BCUT2D eigenvalue weighted by molar-refractivity contribution is -0.119. The normalized spacial score (nSPS) is 10.5. The zero-order valence-corrected chi connectivity index (χ0v) is 8.44. The molecule has 1 amide bonds. The van der Waals surface area contributed by atoms with Crippen LogP contribution >= 0.6 is 11.6 Å². The van der Waals surface area contributed by atoms with E-state index in [1.807, 2.05) is 0 Å². The first-order chi connectivity index (χ1) is 7.13. The minimum Gasteiger partial charge on any atom is -0.483 e. The van der Waals surface area contributed by atoms with Crippen molar-refractivity contribution in [3.63, 3.8) is 0 Å². The standard InChI is InChI=1S/C9H9ClN2O3/c10-7-1-2-8(15-5-9(11)13)6(3-7)4-12-14/h1-4,14H,5H2,(H2,11,13)/b12-4-. The Labute approximate surface area is 91.1 Å². The topological polar surface area (TPSA) is 84.9 Å². The van der Waals surface area contributed by atoms with Crippen LogP contribution in [-0.4, -0.2) is 23.9 Å². The van der Waals surface area contributed by atoms with E-state index >= 15 is 0 Å². The molecule has 80 valence electrons. The third-order valence-electron chi connectivity index (χ3n) is 1.54. The predicted octanol–water partition coefficient (Wildman–Crippen LogP) is 1.01. The first-order valence-corrected chi connectivity index (χ1v) is 4.39. The number of nitrogens with two attached hydrogens (primary N) is 1. The van der Waals surface area contributed by atoms with Crippen LogP contribution in [0.2, 0.25) is 5.02 Å². The molecule has 5 nitrogen and oxygen atoms in total. The first kappa shape index (κ1) is 11.3. The molecule has 0 saturated carbocycles. The second-order valence-corrected chi connectivity index (χ2v) is 3.12. The number of rotatable bonds is 4. The number of primary amides is 1. The van der Waals surface area contributed by atoms with Crippen molar-refractivity contribution in [2.24, 2.45) is 10.9 Å². The van der Waals surface area contributed by atoms with Crippen LogP contribution < -0.4 is 10.5 Å². The molecule has 0 saturated heterocycles. The summed E-state index contributed by atoms with van der Waals surface area (Å²) in [4.78, 5) is 10.5. The average Bonchev–Trinajstić information content (AvgIpc) is 2.17. The van der Waals surface area contributed by atoms with Crippen molar-refractivity contribution in [2.75, 3.05) is 6.61 Å². The van der Waals surface area contributed by atoms with Crippen molar-refractivity contribution in [1.82, 2.24) is 0 Å². The molecule has 0 spiro atoms. The van der Waals surface area contributed by atoms with E-state index in [-0.39, 0.29) is 6.61 Å². The van der Waals surface area contributed by atoms with Crippen LogP contribution in [0, 0.1) is 0 Å². The zero-order valence-electron chi connectivity index (χ0n) is 7.68. The highest BCUT2D eigenvalue weighted by Crippen LogP contribution is 2.21. The van der Waals surface area contributed by atoms with Gasteiger partial charge in [0, 0.05) is 10.6 Å². The van der Waals surface area contributed by atoms with Gasteiger partial charge in [-0.2, -0.15) is 0 Å². The quantitative estimate of drug-likeness (QED) is 0.458. The van der Waals surface area contributed by atoms with Crippen LogP contribution in [-0.2, 0) is 4.79 Å². The van der Waals surface area contributed by atoms with Crippen LogP contribution in [0.4, 0.5) is 0 Å². The van der Waals surface area contributed by atoms with Crippen molar-refractivity contribution in [3.8, 4) is 5.75 Å². The summed E-state index contributed by atoms with van der Waals surface area (Å²) in [6.07, 6.45) is 1.15. The highest BCUT2D eigenvalue weighted by Gasteiger charge is 2.04. The highest BCUT2D eigenvalue weighted by atomic mass is 35.5. The fourth-order valence-electron chi connectivity index (χ4n) is 0.963. The highest BCUT2D eigenvalue weighted by molar-refractivity contribution is 6.30.